The van der Waals surface area contributed by atoms with E-state index in [9.17, 15) is 9.18 Å². The first kappa shape index (κ1) is 14.1. The van der Waals surface area contributed by atoms with Crippen LogP contribution in [0.15, 0.2) is 65.3 Å². The molecule has 3 nitrogen and oxygen atoms in total. The number of hydrogen-bond acceptors (Lipinski definition) is 3. The van der Waals surface area contributed by atoms with Gasteiger partial charge in [0.05, 0.1) is 18.9 Å². The van der Waals surface area contributed by atoms with Gasteiger partial charge in [0, 0.05) is 5.56 Å². The summed E-state index contributed by atoms with van der Waals surface area (Å²) < 4.78 is 23.7. The second-order valence-corrected chi connectivity index (χ2v) is 4.74. The second kappa shape index (κ2) is 5.85. The number of ether oxygens (including phenoxy) is 1. The number of furan rings is 1. The van der Waals surface area contributed by atoms with Crippen molar-refractivity contribution in [3.05, 3.63) is 72.2 Å². The molecule has 110 valence electrons. The van der Waals surface area contributed by atoms with E-state index in [2.05, 4.69) is 4.74 Å². The highest BCUT2D eigenvalue weighted by Gasteiger charge is 2.13. The molecule has 0 aliphatic heterocycles. The van der Waals surface area contributed by atoms with Crippen molar-refractivity contribution in [2.75, 3.05) is 7.11 Å². The second-order valence-electron chi connectivity index (χ2n) is 4.74. The van der Waals surface area contributed by atoms with Crippen LogP contribution < -0.4 is 0 Å². The first-order valence-electron chi connectivity index (χ1n) is 6.71. The summed E-state index contributed by atoms with van der Waals surface area (Å²) in [4.78, 5) is 11.6. The lowest BCUT2D eigenvalue weighted by molar-refractivity contribution is 0.0595. The van der Waals surface area contributed by atoms with E-state index in [0.717, 1.165) is 22.5 Å². The molecule has 0 fully saturated rings. The third-order valence-electron chi connectivity index (χ3n) is 3.37. The number of carbonyl (C=O) groups excluding carboxylic acids is 1. The molecule has 0 aliphatic rings. The van der Waals surface area contributed by atoms with Crippen molar-refractivity contribution in [1.29, 1.82) is 0 Å². The van der Waals surface area contributed by atoms with Crippen LogP contribution in [0.3, 0.4) is 0 Å². The summed E-state index contributed by atoms with van der Waals surface area (Å²) in [6.07, 6.45) is 1.61. The van der Waals surface area contributed by atoms with E-state index in [1.807, 2.05) is 36.4 Å². The smallest absolute Gasteiger partial charge is 0.340 e. The number of rotatable bonds is 3. The Balaban J connectivity index is 2.05. The molecular formula is C18H13FO3. The Labute approximate surface area is 127 Å². The highest BCUT2D eigenvalue weighted by molar-refractivity contribution is 5.91. The van der Waals surface area contributed by atoms with Crippen molar-refractivity contribution in [2.24, 2.45) is 0 Å². The minimum Gasteiger partial charge on any atom is -0.465 e. The monoisotopic (exact) mass is 296 g/mol. The van der Waals surface area contributed by atoms with Crippen LogP contribution in [0.4, 0.5) is 4.39 Å². The van der Waals surface area contributed by atoms with Crippen LogP contribution in [0.5, 0.6) is 0 Å². The van der Waals surface area contributed by atoms with Crippen LogP contribution in [0.2, 0.25) is 0 Å². The highest BCUT2D eigenvalue weighted by Crippen LogP contribution is 2.28. The molecule has 1 aromatic heterocycles. The molecule has 3 aromatic rings. The van der Waals surface area contributed by atoms with Crippen LogP contribution in [-0.4, -0.2) is 13.1 Å². The lowest BCUT2D eigenvalue weighted by Gasteiger charge is -2.07. The predicted molar refractivity (Wildman–Crippen MR) is 80.9 cm³/mol. The van der Waals surface area contributed by atoms with Crippen LogP contribution >= 0.6 is 0 Å². The minimum atomic E-state index is -0.693. The van der Waals surface area contributed by atoms with E-state index >= 15 is 0 Å². The van der Waals surface area contributed by atoms with E-state index in [1.165, 1.54) is 19.2 Å². The van der Waals surface area contributed by atoms with Crippen LogP contribution in [0.25, 0.3) is 22.5 Å². The maximum Gasteiger partial charge on any atom is 0.340 e. The minimum absolute atomic E-state index is 0.0802. The zero-order valence-corrected chi connectivity index (χ0v) is 11.9. The number of hydrogen-bond donors (Lipinski definition) is 0. The topological polar surface area (TPSA) is 39.4 Å². The van der Waals surface area contributed by atoms with E-state index in [4.69, 9.17) is 4.42 Å². The molecule has 0 unspecified atom stereocenters. The molecule has 0 saturated carbocycles. The van der Waals surface area contributed by atoms with Gasteiger partial charge >= 0.3 is 5.97 Å². The third kappa shape index (κ3) is 2.63. The van der Waals surface area contributed by atoms with Crippen molar-refractivity contribution in [3.8, 4) is 22.5 Å². The lowest BCUT2D eigenvalue weighted by atomic mass is 10.00. The van der Waals surface area contributed by atoms with Crippen LogP contribution in [-0.2, 0) is 4.74 Å². The molecule has 22 heavy (non-hydrogen) atoms. The van der Waals surface area contributed by atoms with Crippen molar-refractivity contribution in [2.45, 2.75) is 0 Å². The van der Waals surface area contributed by atoms with E-state index < -0.39 is 11.8 Å². The van der Waals surface area contributed by atoms with Gasteiger partial charge in [0.25, 0.3) is 0 Å². The predicted octanol–water partition coefficient (Wildman–Crippen LogP) is 4.54. The van der Waals surface area contributed by atoms with Gasteiger partial charge in [-0.05, 0) is 41.5 Å². The first-order chi connectivity index (χ1) is 10.7. The molecule has 0 aliphatic carbocycles. The number of esters is 1. The summed E-state index contributed by atoms with van der Waals surface area (Å²) >= 11 is 0. The Bertz CT molecular complexity index is 807. The van der Waals surface area contributed by atoms with Gasteiger partial charge in [0.15, 0.2) is 0 Å². The van der Waals surface area contributed by atoms with Gasteiger partial charge in [-0.1, -0.05) is 24.3 Å². The third-order valence-corrected chi connectivity index (χ3v) is 3.37. The summed E-state index contributed by atoms with van der Waals surface area (Å²) in [5, 5.41) is 0. The van der Waals surface area contributed by atoms with Gasteiger partial charge in [-0.15, -0.1) is 0 Å². The van der Waals surface area contributed by atoms with Gasteiger partial charge in [-0.25, -0.2) is 9.18 Å². The van der Waals surface area contributed by atoms with Crippen molar-refractivity contribution >= 4 is 5.97 Å². The Morgan fingerprint density at radius 1 is 1.00 bits per heavy atom. The average molecular weight is 296 g/mol. The molecule has 0 radical (unpaired) electrons. The molecule has 3 rings (SSSR count). The summed E-state index contributed by atoms with van der Waals surface area (Å²) in [7, 11) is 1.23. The molecule has 0 saturated heterocycles. The van der Waals surface area contributed by atoms with Crippen LogP contribution in [0, 0.1) is 5.82 Å². The summed E-state index contributed by atoms with van der Waals surface area (Å²) in [6, 6.07) is 15.7. The fourth-order valence-electron chi connectivity index (χ4n) is 2.27. The van der Waals surface area contributed by atoms with Gasteiger partial charge < -0.3 is 9.15 Å². The van der Waals surface area contributed by atoms with E-state index in [0.29, 0.717) is 0 Å². The fraction of sp³-hybridized carbons (Fsp3) is 0.0556. The zero-order chi connectivity index (χ0) is 15.5. The molecule has 4 heteroatoms. The fourth-order valence-corrected chi connectivity index (χ4v) is 2.27. The molecule has 0 atom stereocenters. The van der Waals surface area contributed by atoms with Gasteiger partial charge in [-0.3, -0.25) is 0 Å². The molecule has 0 bridgehead atoms. The van der Waals surface area contributed by atoms with Crippen molar-refractivity contribution in [3.63, 3.8) is 0 Å². The van der Waals surface area contributed by atoms with Crippen LogP contribution in [0.1, 0.15) is 10.4 Å². The van der Waals surface area contributed by atoms with Gasteiger partial charge in [0.1, 0.15) is 11.6 Å². The summed E-state index contributed by atoms with van der Waals surface area (Å²) in [6.45, 7) is 0. The largest absolute Gasteiger partial charge is 0.465 e. The molecule has 1 heterocycles. The molecule has 2 aromatic carbocycles. The highest BCUT2D eigenvalue weighted by atomic mass is 19.1. The summed E-state index contributed by atoms with van der Waals surface area (Å²) in [5.41, 5.74) is 2.42. The Morgan fingerprint density at radius 2 is 1.77 bits per heavy atom. The molecule has 0 spiro atoms. The number of halogens is 1. The molecule has 0 N–H and O–H groups in total. The summed E-state index contributed by atoms with van der Waals surface area (Å²) in [5.74, 6) is -0.545. The number of carbonyl (C=O) groups is 1. The Kier molecular flexibility index (Phi) is 3.74. The van der Waals surface area contributed by atoms with Gasteiger partial charge in [-0.2, -0.15) is 0 Å². The van der Waals surface area contributed by atoms with E-state index in [1.54, 1.807) is 12.3 Å². The Hall–Kier alpha value is -2.88. The van der Waals surface area contributed by atoms with Crippen molar-refractivity contribution < 1.29 is 18.3 Å². The SMILES string of the molecule is COC(=O)c1cc(-c2cccc(-c3ccco3)c2)ccc1F. The average Bonchev–Trinajstić information content (AvgIpc) is 3.09. The maximum atomic E-state index is 13.7. The molecule has 0 amide bonds. The number of methoxy groups -OCH3 is 1. The first-order valence-corrected chi connectivity index (χ1v) is 6.71. The van der Waals surface area contributed by atoms with E-state index in [-0.39, 0.29) is 5.56 Å². The zero-order valence-electron chi connectivity index (χ0n) is 11.9. The van der Waals surface area contributed by atoms with Crippen molar-refractivity contribution in [1.82, 2.24) is 0 Å². The van der Waals surface area contributed by atoms with Gasteiger partial charge in [0.2, 0.25) is 0 Å². The molecular weight excluding hydrogens is 283 g/mol. The number of benzene rings is 2. The quantitative estimate of drug-likeness (QED) is 0.666. The maximum absolute atomic E-state index is 13.7. The lowest BCUT2D eigenvalue weighted by Crippen LogP contribution is -2.04. The standard InChI is InChI=1S/C18H13FO3/c1-21-18(20)15-11-13(7-8-16(15)19)12-4-2-5-14(10-12)17-6-3-9-22-17/h2-11H,1H3. The normalized spacial score (nSPS) is 10.5. The Morgan fingerprint density at radius 3 is 2.50 bits per heavy atom.